The first-order chi connectivity index (χ1) is 10.8. The summed E-state index contributed by atoms with van der Waals surface area (Å²) in [6, 6.07) is 5.97. The number of alkyl halides is 2. The number of hydrogen-bond donors (Lipinski definition) is 2. The molecule has 9 heteroatoms. The molecule has 0 radical (unpaired) electrons. The summed E-state index contributed by atoms with van der Waals surface area (Å²) >= 11 is 0. The number of aromatic nitrogens is 3. The van der Waals surface area contributed by atoms with E-state index >= 15 is 0 Å². The highest BCUT2D eigenvalue weighted by atomic mass is 19.3. The summed E-state index contributed by atoms with van der Waals surface area (Å²) in [7, 11) is 1.41. The van der Waals surface area contributed by atoms with Crippen molar-refractivity contribution in [3.05, 3.63) is 24.3 Å². The third-order valence-electron chi connectivity index (χ3n) is 3.10. The lowest BCUT2D eigenvalue weighted by Crippen LogP contribution is -2.39. The van der Waals surface area contributed by atoms with Gasteiger partial charge in [-0.2, -0.15) is 13.8 Å². The summed E-state index contributed by atoms with van der Waals surface area (Å²) in [5, 5.41) is 8.98. The molecule has 0 aliphatic carbocycles. The second-order valence-corrected chi connectivity index (χ2v) is 5.08. The van der Waals surface area contributed by atoms with Crippen LogP contribution in [0.2, 0.25) is 0 Å². The Morgan fingerprint density at radius 1 is 1.39 bits per heavy atom. The smallest absolute Gasteiger partial charge is 0.387 e. The van der Waals surface area contributed by atoms with Gasteiger partial charge in [0.1, 0.15) is 11.4 Å². The zero-order chi connectivity index (χ0) is 17.0. The number of methoxy groups -OCH3 is 1. The number of carbonyl (C=O) groups is 1. The maximum Gasteiger partial charge on any atom is 0.387 e. The molecule has 0 aliphatic rings. The number of nitrogens with zero attached hydrogens (tertiary/aromatic N) is 2. The number of ether oxygens (including phenoxy) is 2. The number of benzene rings is 1. The van der Waals surface area contributed by atoms with Crippen LogP contribution >= 0.6 is 0 Å². The molecule has 0 atom stereocenters. The Hall–Kier alpha value is -2.55. The average molecular weight is 326 g/mol. The first-order valence-electron chi connectivity index (χ1n) is 6.66. The van der Waals surface area contributed by atoms with Crippen LogP contribution in [0.1, 0.15) is 13.8 Å². The summed E-state index contributed by atoms with van der Waals surface area (Å²) in [4.78, 5) is 16.0. The van der Waals surface area contributed by atoms with Crippen LogP contribution in [0.25, 0.3) is 11.4 Å². The monoisotopic (exact) mass is 326 g/mol. The van der Waals surface area contributed by atoms with Crippen molar-refractivity contribution in [1.29, 1.82) is 0 Å². The molecule has 1 amide bonds. The van der Waals surface area contributed by atoms with Gasteiger partial charge in [0, 0.05) is 12.7 Å². The number of aromatic amines is 1. The van der Waals surface area contributed by atoms with Gasteiger partial charge in [0.2, 0.25) is 5.95 Å². The molecule has 0 saturated heterocycles. The maximum absolute atomic E-state index is 12.2. The minimum absolute atomic E-state index is 0.00000175. The summed E-state index contributed by atoms with van der Waals surface area (Å²) < 4.78 is 33.8. The normalized spacial score (nSPS) is 11.6. The molecule has 1 aromatic heterocycles. The number of amides is 1. The van der Waals surface area contributed by atoms with Crippen molar-refractivity contribution in [2.24, 2.45) is 0 Å². The zero-order valence-corrected chi connectivity index (χ0v) is 12.8. The van der Waals surface area contributed by atoms with E-state index in [1.165, 1.54) is 19.2 Å². The van der Waals surface area contributed by atoms with Crippen LogP contribution in [0, 0.1) is 0 Å². The quantitative estimate of drug-likeness (QED) is 0.851. The Bertz CT molecular complexity index is 688. The van der Waals surface area contributed by atoms with Gasteiger partial charge in [-0.15, -0.1) is 5.10 Å². The van der Waals surface area contributed by atoms with E-state index in [0.717, 1.165) is 0 Å². The molecule has 1 aromatic carbocycles. The predicted octanol–water partition coefficient (Wildman–Crippen LogP) is 2.44. The SMILES string of the molecule is COC(C)(C)C(=O)Nc1n[nH]c(-c2cccc(OC(F)F)c2)n1. The van der Waals surface area contributed by atoms with Crippen molar-refractivity contribution in [2.45, 2.75) is 26.1 Å². The van der Waals surface area contributed by atoms with Crippen molar-refractivity contribution < 1.29 is 23.0 Å². The Morgan fingerprint density at radius 2 is 2.13 bits per heavy atom. The Kier molecular flexibility index (Phi) is 4.89. The molecular formula is C14H16F2N4O3. The molecule has 0 bridgehead atoms. The molecule has 0 unspecified atom stereocenters. The molecule has 0 fully saturated rings. The van der Waals surface area contributed by atoms with Crippen LogP contribution in [0.4, 0.5) is 14.7 Å². The van der Waals surface area contributed by atoms with Crippen LogP contribution in [0.15, 0.2) is 24.3 Å². The van der Waals surface area contributed by atoms with Crippen molar-refractivity contribution in [3.8, 4) is 17.1 Å². The van der Waals surface area contributed by atoms with E-state index in [0.29, 0.717) is 11.4 Å². The topological polar surface area (TPSA) is 89.1 Å². The minimum Gasteiger partial charge on any atom is -0.435 e. The first-order valence-corrected chi connectivity index (χ1v) is 6.66. The number of carbonyl (C=O) groups excluding carboxylic acids is 1. The van der Waals surface area contributed by atoms with Gasteiger partial charge in [-0.3, -0.25) is 15.2 Å². The molecule has 2 rings (SSSR count). The van der Waals surface area contributed by atoms with Crippen molar-refractivity contribution in [2.75, 3.05) is 12.4 Å². The highest BCUT2D eigenvalue weighted by Gasteiger charge is 2.28. The van der Waals surface area contributed by atoms with Crippen LogP contribution in [-0.2, 0) is 9.53 Å². The standard InChI is InChI=1S/C14H16F2N4O3/c1-14(2,22-3)11(21)18-13-17-10(19-20-13)8-5-4-6-9(7-8)23-12(15)16/h4-7,12H,1-3H3,(H2,17,18,19,20,21). The van der Waals surface area contributed by atoms with Gasteiger partial charge in [0.25, 0.3) is 5.91 Å². The van der Waals surface area contributed by atoms with Crippen molar-refractivity contribution >= 4 is 11.9 Å². The fourth-order valence-corrected chi connectivity index (χ4v) is 1.61. The van der Waals surface area contributed by atoms with Gasteiger partial charge in [-0.1, -0.05) is 12.1 Å². The molecule has 0 spiro atoms. The number of nitrogens with one attached hydrogen (secondary N) is 2. The molecule has 7 nitrogen and oxygen atoms in total. The summed E-state index contributed by atoms with van der Waals surface area (Å²) in [5.41, 5.74) is -0.548. The Labute approximate surface area is 131 Å². The van der Waals surface area contributed by atoms with Crippen LogP contribution < -0.4 is 10.1 Å². The Morgan fingerprint density at radius 3 is 2.78 bits per heavy atom. The van der Waals surface area contributed by atoms with Crippen molar-refractivity contribution in [3.63, 3.8) is 0 Å². The minimum atomic E-state index is -2.91. The Balaban J connectivity index is 2.15. The zero-order valence-electron chi connectivity index (χ0n) is 12.8. The molecule has 0 saturated carbocycles. The van der Waals surface area contributed by atoms with Crippen molar-refractivity contribution in [1.82, 2.24) is 15.2 Å². The molecule has 2 aromatic rings. The lowest BCUT2D eigenvalue weighted by Gasteiger charge is -2.20. The van der Waals surface area contributed by atoms with Crippen LogP contribution in [0.5, 0.6) is 5.75 Å². The largest absolute Gasteiger partial charge is 0.435 e. The summed E-state index contributed by atoms with van der Waals surface area (Å²) in [5.74, 6) is -0.0640. The second kappa shape index (κ2) is 6.69. The number of anilines is 1. The molecule has 2 N–H and O–H groups in total. The number of hydrogen-bond acceptors (Lipinski definition) is 5. The molecular weight excluding hydrogens is 310 g/mol. The molecule has 23 heavy (non-hydrogen) atoms. The number of H-pyrrole nitrogens is 1. The van der Waals surface area contributed by atoms with E-state index < -0.39 is 18.1 Å². The van der Waals surface area contributed by atoms with E-state index in [2.05, 4.69) is 25.2 Å². The van der Waals surface area contributed by atoms with Gasteiger partial charge in [-0.25, -0.2) is 0 Å². The highest BCUT2D eigenvalue weighted by molar-refractivity contribution is 5.95. The average Bonchev–Trinajstić information content (AvgIpc) is 2.95. The lowest BCUT2D eigenvalue weighted by atomic mass is 10.1. The fourth-order valence-electron chi connectivity index (χ4n) is 1.61. The van der Waals surface area contributed by atoms with Gasteiger partial charge in [0.15, 0.2) is 5.82 Å². The van der Waals surface area contributed by atoms with Gasteiger partial charge < -0.3 is 9.47 Å². The second-order valence-electron chi connectivity index (χ2n) is 5.08. The fraction of sp³-hybridized carbons (Fsp3) is 0.357. The summed E-state index contributed by atoms with van der Waals surface area (Å²) in [6.45, 7) is 0.286. The van der Waals surface area contributed by atoms with Gasteiger partial charge in [0.05, 0.1) is 0 Å². The van der Waals surface area contributed by atoms with Crippen LogP contribution in [-0.4, -0.2) is 40.4 Å². The maximum atomic E-state index is 12.2. The summed E-state index contributed by atoms with van der Waals surface area (Å²) in [6.07, 6.45) is 0. The number of halogens is 2. The third kappa shape index (κ3) is 4.22. The predicted molar refractivity (Wildman–Crippen MR) is 78.2 cm³/mol. The van der Waals surface area contributed by atoms with E-state index in [4.69, 9.17) is 4.74 Å². The first kappa shape index (κ1) is 16.8. The third-order valence-corrected chi connectivity index (χ3v) is 3.10. The molecule has 1 heterocycles. The van der Waals surface area contributed by atoms with Gasteiger partial charge in [-0.05, 0) is 26.0 Å². The molecule has 0 aliphatic heterocycles. The van der Waals surface area contributed by atoms with E-state index in [9.17, 15) is 13.6 Å². The van der Waals surface area contributed by atoms with E-state index in [1.807, 2.05) is 0 Å². The highest BCUT2D eigenvalue weighted by Crippen LogP contribution is 2.23. The number of rotatable bonds is 6. The van der Waals surface area contributed by atoms with Crippen LogP contribution in [0.3, 0.4) is 0 Å². The van der Waals surface area contributed by atoms with Gasteiger partial charge >= 0.3 is 6.61 Å². The van der Waals surface area contributed by atoms with E-state index in [1.54, 1.807) is 26.0 Å². The molecule has 124 valence electrons. The lowest BCUT2D eigenvalue weighted by molar-refractivity contribution is -0.133. The van der Waals surface area contributed by atoms with E-state index in [-0.39, 0.29) is 11.7 Å².